The zero-order valence-electron chi connectivity index (χ0n) is 10.6. The van der Waals surface area contributed by atoms with Crippen LogP contribution in [0.25, 0.3) is 0 Å². The van der Waals surface area contributed by atoms with Crippen LogP contribution in [0.15, 0.2) is 30.3 Å². The fraction of sp³-hybridized carbons (Fsp3) is 0.500. The summed E-state index contributed by atoms with van der Waals surface area (Å²) in [7, 11) is 0. The fourth-order valence-corrected chi connectivity index (χ4v) is 2.32. The Morgan fingerprint density at radius 1 is 1.39 bits per heavy atom. The van der Waals surface area contributed by atoms with E-state index in [9.17, 15) is 0 Å². The molecule has 1 atom stereocenters. The Balaban J connectivity index is 1.72. The van der Waals surface area contributed by atoms with Gasteiger partial charge >= 0.3 is 0 Å². The molecule has 0 radical (unpaired) electrons. The van der Waals surface area contributed by atoms with E-state index in [2.05, 4.69) is 4.90 Å². The molecular weight excluding hydrogens is 226 g/mol. The molecule has 1 fully saturated rings. The molecule has 1 saturated heterocycles. The molecule has 0 spiro atoms. The molecule has 1 unspecified atom stereocenters. The predicted octanol–water partition coefficient (Wildman–Crippen LogP) is 1.71. The lowest BCUT2D eigenvalue weighted by molar-refractivity contribution is 0.167. The summed E-state index contributed by atoms with van der Waals surface area (Å²) in [6, 6.07) is 9.86. The number of nitrogens with one attached hydrogen (secondary N) is 1. The van der Waals surface area contributed by atoms with E-state index in [0.29, 0.717) is 12.4 Å². The van der Waals surface area contributed by atoms with Gasteiger partial charge < -0.3 is 10.5 Å². The second kappa shape index (κ2) is 6.40. The summed E-state index contributed by atoms with van der Waals surface area (Å²) < 4.78 is 5.68. The van der Waals surface area contributed by atoms with E-state index in [1.807, 2.05) is 30.3 Å². The molecule has 0 saturated carbocycles. The Labute approximate surface area is 108 Å². The van der Waals surface area contributed by atoms with Crippen LogP contribution in [0.4, 0.5) is 0 Å². The highest BCUT2D eigenvalue weighted by Crippen LogP contribution is 2.16. The van der Waals surface area contributed by atoms with Crippen molar-refractivity contribution in [1.29, 1.82) is 5.41 Å². The Kier molecular flexibility index (Phi) is 4.59. The second-order valence-corrected chi connectivity index (χ2v) is 4.76. The van der Waals surface area contributed by atoms with Crippen LogP contribution in [0.3, 0.4) is 0 Å². The summed E-state index contributed by atoms with van der Waals surface area (Å²) in [6.07, 6.45) is 2.17. The maximum absolute atomic E-state index is 7.51. The van der Waals surface area contributed by atoms with E-state index < -0.39 is 0 Å². The first-order valence-corrected chi connectivity index (χ1v) is 6.50. The van der Waals surface area contributed by atoms with Crippen molar-refractivity contribution in [3.8, 4) is 5.75 Å². The maximum atomic E-state index is 7.51. The van der Waals surface area contributed by atoms with E-state index in [1.165, 1.54) is 0 Å². The number of amidine groups is 1. The number of rotatable bonds is 5. The molecule has 0 bridgehead atoms. The van der Waals surface area contributed by atoms with Gasteiger partial charge in [-0.15, -0.1) is 0 Å². The van der Waals surface area contributed by atoms with Crippen molar-refractivity contribution in [2.75, 3.05) is 26.2 Å². The lowest BCUT2D eigenvalue weighted by atomic mass is 9.97. The van der Waals surface area contributed by atoms with Crippen LogP contribution in [0.1, 0.15) is 12.8 Å². The van der Waals surface area contributed by atoms with Gasteiger partial charge in [-0.1, -0.05) is 18.2 Å². The summed E-state index contributed by atoms with van der Waals surface area (Å²) >= 11 is 0. The standard InChI is InChI=1S/C14H21N3O/c15-14(16)12-5-4-8-17(11-12)9-10-18-13-6-2-1-3-7-13/h1-3,6-7,12H,4-5,8-11H2,(H3,15,16). The van der Waals surface area contributed by atoms with Crippen LogP contribution in [0.2, 0.25) is 0 Å². The van der Waals surface area contributed by atoms with Crippen molar-refractivity contribution < 1.29 is 4.74 Å². The van der Waals surface area contributed by atoms with Crippen molar-refractivity contribution in [2.24, 2.45) is 11.7 Å². The number of hydrogen-bond acceptors (Lipinski definition) is 3. The summed E-state index contributed by atoms with van der Waals surface area (Å²) in [6.45, 7) is 3.57. The van der Waals surface area contributed by atoms with Gasteiger partial charge in [0.25, 0.3) is 0 Å². The maximum Gasteiger partial charge on any atom is 0.119 e. The van der Waals surface area contributed by atoms with Gasteiger partial charge in [-0.05, 0) is 31.5 Å². The van der Waals surface area contributed by atoms with Crippen LogP contribution in [0.5, 0.6) is 5.75 Å². The number of piperidine rings is 1. The molecule has 1 aliphatic rings. The topological polar surface area (TPSA) is 62.3 Å². The van der Waals surface area contributed by atoms with E-state index >= 15 is 0 Å². The van der Waals surface area contributed by atoms with Gasteiger partial charge in [-0.3, -0.25) is 10.3 Å². The fourth-order valence-electron chi connectivity index (χ4n) is 2.32. The second-order valence-electron chi connectivity index (χ2n) is 4.76. The first-order valence-electron chi connectivity index (χ1n) is 6.50. The molecule has 1 aromatic carbocycles. The van der Waals surface area contributed by atoms with Gasteiger partial charge in [0, 0.05) is 19.0 Å². The third-order valence-corrected chi connectivity index (χ3v) is 3.36. The van der Waals surface area contributed by atoms with Gasteiger partial charge in [-0.2, -0.15) is 0 Å². The molecule has 98 valence electrons. The minimum absolute atomic E-state index is 0.232. The number of benzene rings is 1. The van der Waals surface area contributed by atoms with E-state index in [-0.39, 0.29) is 5.92 Å². The number of nitrogens with zero attached hydrogens (tertiary/aromatic N) is 1. The monoisotopic (exact) mass is 247 g/mol. The third-order valence-electron chi connectivity index (χ3n) is 3.36. The molecular formula is C14H21N3O. The van der Waals surface area contributed by atoms with Crippen molar-refractivity contribution in [3.05, 3.63) is 30.3 Å². The smallest absolute Gasteiger partial charge is 0.119 e. The summed E-state index contributed by atoms with van der Waals surface area (Å²) in [5.74, 6) is 1.47. The van der Waals surface area contributed by atoms with Gasteiger partial charge in [0.1, 0.15) is 12.4 Å². The zero-order valence-corrected chi connectivity index (χ0v) is 10.6. The molecule has 1 heterocycles. The first-order chi connectivity index (χ1) is 8.75. The largest absolute Gasteiger partial charge is 0.492 e. The van der Waals surface area contributed by atoms with Gasteiger partial charge in [-0.25, -0.2) is 0 Å². The highest BCUT2D eigenvalue weighted by atomic mass is 16.5. The minimum Gasteiger partial charge on any atom is -0.492 e. The average Bonchev–Trinajstić information content (AvgIpc) is 2.40. The number of likely N-dealkylation sites (tertiary alicyclic amines) is 1. The lowest BCUT2D eigenvalue weighted by Gasteiger charge is -2.31. The Hall–Kier alpha value is -1.55. The van der Waals surface area contributed by atoms with Crippen molar-refractivity contribution in [1.82, 2.24) is 4.90 Å². The number of ether oxygens (including phenoxy) is 1. The van der Waals surface area contributed by atoms with E-state index in [1.54, 1.807) is 0 Å². The quantitative estimate of drug-likeness (QED) is 0.615. The third kappa shape index (κ3) is 3.74. The van der Waals surface area contributed by atoms with Crippen molar-refractivity contribution >= 4 is 5.84 Å². The average molecular weight is 247 g/mol. The summed E-state index contributed by atoms with van der Waals surface area (Å²) in [5, 5.41) is 7.51. The summed E-state index contributed by atoms with van der Waals surface area (Å²) in [4.78, 5) is 2.33. The van der Waals surface area contributed by atoms with Crippen molar-refractivity contribution in [2.45, 2.75) is 12.8 Å². The molecule has 4 heteroatoms. The zero-order chi connectivity index (χ0) is 12.8. The number of para-hydroxylation sites is 1. The number of hydrogen-bond donors (Lipinski definition) is 2. The Morgan fingerprint density at radius 2 is 2.17 bits per heavy atom. The normalized spacial score (nSPS) is 20.6. The molecule has 0 aromatic heterocycles. The molecule has 2 rings (SSSR count). The van der Waals surface area contributed by atoms with Crippen LogP contribution in [-0.4, -0.2) is 37.0 Å². The van der Waals surface area contributed by atoms with Gasteiger partial charge in [0.05, 0.1) is 5.84 Å². The van der Waals surface area contributed by atoms with Crippen LogP contribution < -0.4 is 10.5 Å². The van der Waals surface area contributed by atoms with Crippen LogP contribution in [-0.2, 0) is 0 Å². The predicted molar refractivity (Wildman–Crippen MR) is 73.0 cm³/mol. The van der Waals surface area contributed by atoms with Crippen LogP contribution >= 0.6 is 0 Å². The van der Waals surface area contributed by atoms with E-state index in [0.717, 1.165) is 38.2 Å². The Bertz CT molecular complexity index is 380. The molecule has 1 aliphatic heterocycles. The van der Waals surface area contributed by atoms with Crippen LogP contribution in [0, 0.1) is 11.3 Å². The van der Waals surface area contributed by atoms with Crippen molar-refractivity contribution in [3.63, 3.8) is 0 Å². The molecule has 0 amide bonds. The molecule has 0 aliphatic carbocycles. The highest BCUT2D eigenvalue weighted by molar-refractivity contribution is 5.79. The van der Waals surface area contributed by atoms with Gasteiger partial charge in [0.15, 0.2) is 0 Å². The number of nitrogens with two attached hydrogens (primary N) is 1. The first kappa shape index (κ1) is 12.9. The summed E-state index contributed by atoms with van der Waals surface area (Å²) in [5.41, 5.74) is 5.57. The lowest BCUT2D eigenvalue weighted by Crippen LogP contribution is -2.42. The molecule has 18 heavy (non-hydrogen) atoms. The van der Waals surface area contributed by atoms with E-state index in [4.69, 9.17) is 15.9 Å². The molecule has 4 nitrogen and oxygen atoms in total. The minimum atomic E-state index is 0.232. The SMILES string of the molecule is N=C(N)C1CCCN(CCOc2ccccc2)C1. The highest BCUT2D eigenvalue weighted by Gasteiger charge is 2.21. The Morgan fingerprint density at radius 3 is 2.89 bits per heavy atom. The molecule has 1 aromatic rings. The van der Waals surface area contributed by atoms with Gasteiger partial charge in [0.2, 0.25) is 0 Å². The molecule has 3 N–H and O–H groups in total.